The van der Waals surface area contributed by atoms with Gasteiger partial charge in [-0.1, -0.05) is 44.2 Å². The zero-order valence-corrected chi connectivity index (χ0v) is 37.8. The van der Waals surface area contributed by atoms with E-state index < -0.39 is 19.9 Å². The minimum absolute atomic E-state index is 0.0124. The third kappa shape index (κ3) is 8.50. The molecule has 1 saturated heterocycles. The quantitative estimate of drug-likeness (QED) is 0.0595. The molecule has 0 amide bonds. The highest BCUT2D eigenvalue weighted by atomic mass is 32.1. The number of aryl methyl sites for hydroxylation is 2. The first kappa shape index (κ1) is 42.5. The fourth-order valence-corrected chi connectivity index (χ4v) is 11.5. The number of nitrogens with one attached hydrogen (secondary N) is 2. The Morgan fingerprint density at radius 3 is 2.42 bits per heavy atom. The summed E-state index contributed by atoms with van der Waals surface area (Å²) < 4.78 is 15.1. The monoisotopic (exact) mass is 868 g/mol. The molecule has 1 fully saturated rings. The van der Waals surface area contributed by atoms with Crippen LogP contribution in [0.25, 0.3) is 21.9 Å². The number of aromatic hydroxyl groups is 1. The van der Waals surface area contributed by atoms with E-state index in [1.807, 2.05) is 29.0 Å². The molecule has 1 atom stereocenters. The number of esters is 1. The van der Waals surface area contributed by atoms with Gasteiger partial charge in [-0.05, 0) is 127 Å². The molecular weight excluding hydrogens is 813 g/mol. The number of H-pyrrole nitrogens is 1. The summed E-state index contributed by atoms with van der Waals surface area (Å²) in [5.41, 5.74) is 5.35. The van der Waals surface area contributed by atoms with Gasteiger partial charge in [-0.25, -0.2) is 9.48 Å². The molecule has 0 radical (unpaired) electrons. The normalized spacial score (nSPS) is 16.2. The van der Waals surface area contributed by atoms with Gasteiger partial charge in [0.1, 0.15) is 17.4 Å². The second-order valence-corrected chi connectivity index (χ2v) is 24.4. The lowest BCUT2D eigenvalue weighted by Gasteiger charge is -2.39. The Morgan fingerprint density at radius 2 is 1.73 bits per heavy atom. The number of phenols is 1. The summed E-state index contributed by atoms with van der Waals surface area (Å²) in [4.78, 5) is 32.1. The molecule has 1 aliphatic carbocycles. The predicted molar refractivity (Wildman–Crippen MR) is 240 cm³/mol. The van der Waals surface area contributed by atoms with Crippen LogP contribution in [0.1, 0.15) is 84.6 Å². The maximum atomic E-state index is 13.5. The van der Waals surface area contributed by atoms with Crippen LogP contribution in [0.15, 0.2) is 70.2 Å². The third-order valence-electron chi connectivity index (χ3n) is 12.8. The van der Waals surface area contributed by atoms with Crippen molar-refractivity contribution < 1.29 is 24.2 Å². The van der Waals surface area contributed by atoms with E-state index in [2.05, 4.69) is 70.1 Å². The van der Waals surface area contributed by atoms with Gasteiger partial charge in [-0.3, -0.25) is 4.79 Å². The SMILES string of the molecule is CC(C)(C)[Si](C)(C)O[C@@H](CNCc1cc2nnn(CCCN3CCC(OC(=O)C(O)(c4cccs4)c4cccs4)CC3)c2c2c1CCC2)c1ccc(O)c2[nH]c(=O)ccc12. The number of hydrogen-bond donors (Lipinski definition) is 4. The number of rotatable bonds is 15. The summed E-state index contributed by atoms with van der Waals surface area (Å²) in [7, 11) is -2.22. The van der Waals surface area contributed by atoms with Crippen LogP contribution >= 0.6 is 22.7 Å². The van der Waals surface area contributed by atoms with Gasteiger partial charge in [-0.2, -0.15) is 0 Å². The van der Waals surface area contributed by atoms with E-state index >= 15 is 0 Å². The summed E-state index contributed by atoms with van der Waals surface area (Å²) >= 11 is 2.71. The van der Waals surface area contributed by atoms with Crippen LogP contribution in [0.4, 0.5) is 0 Å². The molecule has 6 aromatic rings. The molecule has 15 heteroatoms. The zero-order valence-electron chi connectivity index (χ0n) is 35.1. The highest BCUT2D eigenvalue weighted by Gasteiger charge is 2.45. The molecule has 2 aromatic carbocycles. The van der Waals surface area contributed by atoms with Crippen molar-refractivity contribution in [3.05, 3.63) is 108 Å². The van der Waals surface area contributed by atoms with Crippen molar-refractivity contribution in [1.82, 2.24) is 30.2 Å². The Labute approximate surface area is 359 Å². The molecule has 2 aliphatic rings. The minimum atomic E-state index is -2.22. The molecule has 12 nitrogen and oxygen atoms in total. The van der Waals surface area contributed by atoms with Crippen molar-refractivity contribution >= 4 is 58.9 Å². The van der Waals surface area contributed by atoms with Crippen LogP contribution in [0, 0.1) is 0 Å². The van der Waals surface area contributed by atoms with Crippen LogP contribution in [0.2, 0.25) is 18.1 Å². The number of pyridine rings is 1. The largest absolute Gasteiger partial charge is 0.506 e. The van der Waals surface area contributed by atoms with Crippen molar-refractivity contribution in [2.45, 2.75) is 108 Å². The second kappa shape index (κ2) is 17.3. The molecule has 0 unspecified atom stereocenters. The molecule has 0 spiro atoms. The number of hydrogen-bond acceptors (Lipinski definition) is 12. The fourth-order valence-electron chi connectivity index (χ4n) is 8.51. The topological polar surface area (TPSA) is 155 Å². The Bertz CT molecular complexity index is 2470. The molecule has 5 heterocycles. The maximum Gasteiger partial charge on any atom is 0.349 e. The van der Waals surface area contributed by atoms with Crippen molar-refractivity contribution in [2.24, 2.45) is 0 Å². The number of carbonyl (C=O) groups is 1. The number of carbonyl (C=O) groups excluding carboxylic acids is 1. The van der Waals surface area contributed by atoms with Gasteiger partial charge in [0.15, 0.2) is 8.32 Å². The molecule has 60 heavy (non-hydrogen) atoms. The maximum absolute atomic E-state index is 13.5. The van der Waals surface area contributed by atoms with Crippen LogP contribution in [-0.4, -0.2) is 81.7 Å². The Hall–Kier alpha value is -4.22. The third-order valence-corrected chi connectivity index (χ3v) is 19.3. The number of nitrogens with zero attached hydrogens (tertiary/aromatic N) is 4. The molecule has 1 aliphatic heterocycles. The highest BCUT2D eigenvalue weighted by Crippen LogP contribution is 2.42. The van der Waals surface area contributed by atoms with Crippen LogP contribution in [0.5, 0.6) is 5.75 Å². The van der Waals surface area contributed by atoms with E-state index in [0.717, 1.165) is 86.7 Å². The smallest absolute Gasteiger partial charge is 0.349 e. The summed E-state index contributed by atoms with van der Waals surface area (Å²) in [6.45, 7) is 15.7. The fraction of sp³-hybridized carbons (Fsp3) is 0.467. The van der Waals surface area contributed by atoms with E-state index in [1.165, 1.54) is 45.4 Å². The lowest BCUT2D eigenvalue weighted by Crippen LogP contribution is -2.43. The van der Waals surface area contributed by atoms with Gasteiger partial charge < -0.3 is 34.6 Å². The first-order valence-electron chi connectivity index (χ1n) is 21.1. The lowest BCUT2D eigenvalue weighted by molar-refractivity contribution is -0.169. The van der Waals surface area contributed by atoms with Gasteiger partial charge >= 0.3 is 5.97 Å². The Kier molecular flexibility index (Phi) is 12.2. The summed E-state index contributed by atoms with van der Waals surface area (Å²) in [5, 5.41) is 39.8. The lowest BCUT2D eigenvalue weighted by atomic mass is 9.99. The van der Waals surface area contributed by atoms with E-state index in [0.29, 0.717) is 28.4 Å². The molecule has 4 N–H and O–H groups in total. The number of benzene rings is 2. The van der Waals surface area contributed by atoms with E-state index in [9.17, 15) is 19.8 Å². The Morgan fingerprint density at radius 1 is 1.02 bits per heavy atom. The Balaban J connectivity index is 0.897. The standard InChI is InChI=1S/C45H56N6O6S2Si/c1-44(2,3)60(4,5)57-37(32-14-16-36(52)41-33(32)15-17-40(53)47-41)28-46-27-29-26-35-42(34-11-6-10-31(29)34)51(49-48-35)21-9-20-50-22-18-30(19-23-50)56-43(54)45(55,38-12-7-24-58-38)39-13-8-25-59-39/h7-8,12-17,24-26,30,37,46,52,55H,6,9-11,18-23,27-28H2,1-5H3,(H,47,53)/t37-/m0/s1. The molecule has 4 aromatic heterocycles. The summed E-state index contributed by atoms with van der Waals surface area (Å²) in [6, 6.07) is 16.3. The number of aliphatic hydroxyl groups is 1. The molecule has 318 valence electrons. The number of aromatic nitrogens is 4. The number of likely N-dealkylation sites (tertiary alicyclic amines) is 1. The number of thiophene rings is 2. The minimum Gasteiger partial charge on any atom is -0.506 e. The number of fused-ring (bicyclic) bond motifs is 4. The first-order valence-corrected chi connectivity index (χ1v) is 25.7. The first-order chi connectivity index (χ1) is 28.7. The average Bonchev–Trinajstić information content (AvgIpc) is 4.06. The van der Waals surface area contributed by atoms with Crippen LogP contribution in [0.3, 0.4) is 0 Å². The molecule has 0 bridgehead atoms. The molecule has 8 rings (SSSR count). The van der Waals surface area contributed by atoms with Gasteiger partial charge in [0.2, 0.25) is 11.2 Å². The predicted octanol–water partition coefficient (Wildman–Crippen LogP) is 7.78. The van der Waals surface area contributed by atoms with Gasteiger partial charge in [0.25, 0.3) is 0 Å². The number of ether oxygens (including phenoxy) is 1. The molecule has 0 saturated carbocycles. The number of piperidine rings is 1. The van der Waals surface area contributed by atoms with Crippen molar-refractivity contribution in [2.75, 3.05) is 26.2 Å². The van der Waals surface area contributed by atoms with Crippen molar-refractivity contribution in [3.8, 4) is 5.75 Å². The van der Waals surface area contributed by atoms with E-state index in [-0.39, 0.29) is 28.6 Å². The van der Waals surface area contributed by atoms with E-state index in [4.69, 9.17) is 9.16 Å². The summed E-state index contributed by atoms with van der Waals surface area (Å²) in [6.07, 6.45) is 4.96. The highest BCUT2D eigenvalue weighted by molar-refractivity contribution is 7.12. The van der Waals surface area contributed by atoms with Gasteiger partial charge in [-0.15, -0.1) is 27.8 Å². The van der Waals surface area contributed by atoms with Gasteiger partial charge in [0.05, 0.1) is 26.9 Å². The zero-order chi connectivity index (χ0) is 42.2. The number of aromatic amines is 1. The second-order valence-electron chi connectivity index (χ2n) is 17.8. The van der Waals surface area contributed by atoms with Gasteiger partial charge in [0, 0.05) is 44.2 Å². The average molecular weight is 869 g/mol. The molecular formula is C45H56N6O6S2Si. The summed E-state index contributed by atoms with van der Waals surface area (Å²) in [5.74, 6) is -0.560. The number of phenolic OH excluding ortho intramolecular Hbond substituents is 1. The van der Waals surface area contributed by atoms with E-state index in [1.54, 1.807) is 24.3 Å². The van der Waals surface area contributed by atoms with Crippen LogP contribution < -0.4 is 10.9 Å². The van der Waals surface area contributed by atoms with Crippen LogP contribution in [-0.2, 0) is 45.5 Å². The van der Waals surface area contributed by atoms with Crippen molar-refractivity contribution in [1.29, 1.82) is 0 Å². The van der Waals surface area contributed by atoms with Crippen molar-refractivity contribution in [3.63, 3.8) is 0 Å².